The summed E-state index contributed by atoms with van der Waals surface area (Å²) in [6, 6.07) is 7.67. The zero-order valence-corrected chi connectivity index (χ0v) is 19.3. The van der Waals surface area contributed by atoms with E-state index in [2.05, 4.69) is 10.00 Å². The zero-order valence-electron chi connectivity index (χ0n) is 17.7. The Bertz CT molecular complexity index is 1060. The molecule has 1 atom stereocenters. The van der Waals surface area contributed by atoms with Crippen LogP contribution in [0.4, 0.5) is 5.69 Å². The Balaban J connectivity index is 1.48. The standard InChI is InChI=1S/C21H28N4O3S2/c1-15-20(16(2)25(22-15)17-8-13-30(27,28)14-17)23-9-11-24(12-10-23)21(26)18-6-4-5-7-19(18)29-3/h4-7,17H,8-14H2,1-3H3/t17-/m0/s1. The minimum absolute atomic E-state index is 0.0756. The van der Waals surface area contributed by atoms with Gasteiger partial charge < -0.3 is 9.80 Å². The van der Waals surface area contributed by atoms with Crippen LogP contribution in [0, 0.1) is 13.8 Å². The molecule has 0 bridgehead atoms. The number of thioether (sulfide) groups is 1. The number of rotatable bonds is 4. The van der Waals surface area contributed by atoms with Gasteiger partial charge in [0.15, 0.2) is 9.84 Å². The molecule has 0 N–H and O–H groups in total. The van der Waals surface area contributed by atoms with Gasteiger partial charge in [-0.15, -0.1) is 11.8 Å². The van der Waals surface area contributed by atoms with E-state index < -0.39 is 9.84 Å². The van der Waals surface area contributed by atoms with E-state index in [1.54, 1.807) is 11.8 Å². The van der Waals surface area contributed by atoms with Gasteiger partial charge >= 0.3 is 0 Å². The molecule has 2 saturated heterocycles. The van der Waals surface area contributed by atoms with Crippen molar-refractivity contribution in [1.82, 2.24) is 14.7 Å². The van der Waals surface area contributed by atoms with Crippen LogP contribution in [0.2, 0.25) is 0 Å². The molecule has 162 valence electrons. The largest absolute Gasteiger partial charge is 0.365 e. The Morgan fingerprint density at radius 1 is 1.13 bits per heavy atom. The molecule has 1 amide bonds. The van der Waals surface area contributed by atoms with Gasteiger partial charge in [-0.25, -0.2) is 8.42 Å². The molecule has 3 heterocycles. The summed E-state index contributed by atoms with van der Waals surface area (Å²) in [5.74, 6) is 0.495. The number of amides is 1. The topological polar surface area (TPSA) is 75.5 Å². The number of hydrogen-bond acceptors (Lipinski definition) is 6. The molecule has 2 aromatic rings. The smallest absolute Gasteiger partial charge is 0.255 e. The van der Waals surface area contributed by atoms with E-state index in [0.717, 1.165) is 40.6 Å². The minimum Gasteiger partial charge on any atom is -0.365 e. The summed E-state index contributed by atoms with van der Waals surface area (Å²) in [5, 5.41) is 4.68. The molecule has 0 saturated carbocycles. The van der Waals surface area contributed by atoms with Crippen LogP contribution in [0.25, 0.3) is 0 Å². The van der Waals surface area contributed by atoms with Gasteiger partial charge in [-0.2, -0.15) is 5.10 Å². The van der Waals surface area contributed by atoms with E-state index in [4.69, 9.17) is 0 Å². The summed E-state index contributed by atoms with van der Waals surface area (Å²) in [6.45, 7) is 6.79. The third-order valence-electron chi connectivity index (χ3n) is 6.06. The quantitative estimate of drug-likeness (QED) is 0.669. The summed E-state index contributed by atoms with van der Waals surface area (Å²) >= 11 is 1.59. The summed E-state index contributed by atoms with van der Waals surface area (Å²) in [5.41, 5.74) is 3.78. The number of hydrogen-bond donors (Lipinski definition) is 0. The Kier molecular flexibility index (Phi) is 5.85. The average molecular weight is 449 g/mol. The second-order valence-electron chi connectivity index (χ2n) is 8.00. The summed E-state index contributed by atoms with van der Waals surface area (Å²) < 4.78 is 25.7. The van der Waals surface area contributed by atoms with Crippen LogP contribution in [-0.2, 0) is 9.84 Å². The van der Waals surface area contributed by atoms with Gasteiger partial charge in [0.25, 0.3) is 5.91 Å². The first kappa shape index (κ1) is 21.2. The number of carbonyl (C=O) groups excluding carboxylic acids is 1. The molecule has 30 heavy (non-hydrogen) atoms. The summed E-state index contributed by atoms with van der Waals surface area (Å²) in [6.07, 6.45) is 2.61. The van der Waals surface area contributed by atoms with Gasteiger partial charge in [0.05, 0.1) is 40.2 Å². The highest BCUT2D eigenvalue weighted by atomic mass is 32.2. The lowest BCUT2D eigenvalue weighted by molar-refractivity contribution is 0.0743. The van der Waals surface area contributed by atoms with Gasteiger partial charge in [0.1, 0.15) is 0 Å². The molecule has 7 nitrogen and oxygen atoms in total. The van der Waals surface area contributed by atoms with Gasteiger partial charge in [0, 0.05) is 31.1 Å². The maximum atomic E-state index is 13.0. The van der Waals surface area contributed by atoms with Gasteiger partial charge in [0.2, 0.25) is 0 Å². The number of sulfone groups is 1. The number of benzene rings is 1. The second kappa shape index (κ2) is 8.26. The van der Waals surface area contributed by atoms with Gasteiger partial charge in [-0.1, -0.05) is 12.1 Å². The first-order valence-corrected chi connectivity index (χ1v) is 13.3. The van der Waals surface area contributed by atoms with E-state index in [-0.39, 0.29) is 23.5 Å². The van der Waals surface area contributed by atoms with Crippen molar-refractivity contribution >= 4 is 33.2 Å². The Hall–Kier alpha value is -2.00. The molecule has 9 heteroatoms. The van der Waals surface area contributed by atoms with E-state index in [0.29, 0.717) is 19.5 Å². The fourth-order valence-corrected chi connectivity index (χ4v) is 6.84. The van der Waals surface area contributed by atoms with E-state index in [1.807, 2.05) is 54.0 Å². The number of nitrogens with zero attached hydrogens (tertiary/aromatic N) is 4. The summed E-state index contributed by atoms with van der Waals surface area (Å²) in [7, 11) is -2.96. The molecule has 1 aromatic carbocycles. The van der Waals surface area contributed by atoms with Crippen molar-refractivity contribution in [3.63, 3.8) is 0 Å². The fraction of sp³-hybridized carbons (Fsp3) is 0.524. The van der Waals surface area contributed by atoms with Crippen molar-refractivity contribution in [2.24, 2.45) is 0 Å². The van der Waals surface area contributed by atoms with E-state index >= 15 is 0 Å². The molecule has 0 spiro atoms. The molecular formula is C21H28N4O3S2. The van der Waals surface area contributed by atoms with Crippen LogP contribution in [0.5, 0.6) is 0 Å². The van der Waals surface area contributed by atoms with Crippen LogP contribution >= 0.6 is 11.8 Å². The van der Waals surface area contributed by atoms with Crippen LogP contribution in [0.15, 0.2) is 29.2 Å². The molecule has 2 aliphatic rings. The number of aryl methyl sites for hydroxylation is 1. The normalized spacial score (nSPS) is 21.2. The zero-order chi connectivity index (χ0) is 21.5. The van der Waals surface area contributed by atoms with E-state index in [1.165, 1.54) is 0 Å². The second-order valence-corrected chi connectivity index (χ2v) is 11.1. The molecule has 0 radical (unpaired) electrons. The lowest BCUT2D eigenvalue weighted by atomic mass is 10.1. The van der Waals surface area contributed by atoms with Crippen molar-refractivity contribution in [2.75, 3.05) is 48.8 Å². The molecular weight excluding hydrogens is 420 g/mol. The first-order chi connectivity index (χ1) is 14.3. The Morgan fingerprint density at radius 2 is 1.83 bits per heavy atom. The highest BCUT2D eigenvalue weighted by Gasteiger charge is 2.33. The lowest BCUT2D eigenvalue weighted by Gasteiger charge is -2.36. The van der Waals surface area contributed by atoms with Crippen LogP contribution in [0.3, 0.4) is 0 Å². The number of anilines is 1. The van der Waals surface area contributed by atoms with Crippen molar-refractivity contribution in [2.45, 2.75) is 31.2 Å². The lowest BCUT2D eigenvalue weighted by Crippen LogP contribution is -2.49. The molecule has 0 unspecified atom stereocenters. The Morgan fingerprint density at radius 3 is 2.47 bits per heavy atom. The fourth-order valence-electron chi connectivity index (χ4n) is 4.56. The van der Waals surface area contributed by atoms with Crippen molar-refractivity contribution < 1.29 is 13.2 Å². The van der Waals surface area contributed by atoms with Gasteiger partial charge in [-0.05, 0) is 38.7 Å². The average Bonchev–Trinajstić information content (AvgIpc) is 3.25. The van der Waals surface area contributed by atoms with Crippen molar-refractivity contribution in [3.8, 4) is 0 Å². The van der Waals surface area contributed by atoms with Crippen molar-refractivity contribution in [1.29, 1.82) is 0 Å². The van der Waals surface area contributed by atoms with Crippen molar-refractivity contribution in [3.05, 3.63) is 41.2 Å². The van der Waals surface area contributed by atoms with Gasteiger partial charge in [-0.3, -0.25) is 9.48 Å². The van der Waals surface area contributed by atoms with Crippen LogP contribution < -0.4 is 4.90 Å². The highest BCUT2D eigenvalue weighted by Crippen LogP contribution is 2.32. The first-order valence-electron chi connectivity index (χ1n) is 10.2. The highest BCUT2D eigenvalue weighted by molar-refractivity contribution is 7.98. The summed E-state index contributed by atoms with van der Waals surface area (Å²) in [4.78, 5) is 18.2. The predicted octanol–water partition coefficient (Wildman–Crippen LogP) is 2.54. The monoisotopic (exact) mass is 448 g/mol. The predicted molar refractivity (Wildman–Crippen MR) is 120 cm³/mol. The maximum Gasteiger partial charge on any atom is 0.255 e. The number of carbonyl (C=O) groups is 1. The van der Waals surface area contributed by atoms with Crippen LogP contribution in [-0.4, -0.2) is 72.9 Å². The van der Waals surface area contributed by atoms with E-state index in [9.17, 15) is 13.2 Å². The molecule has 0 aliphatic carbocycles. The third-order valence-corrected chi connectivity index (χ3v) is 8.61. The minimum atomic E-state index is -2.96. The number of aromatic nitrogens is 2. The maximum absolute atomic E-state index is 13.0. The Labute approximate surface area is 182 Å². The molecule has 1 aromatic heterocycles. The van der Waals surface area contributed by atoms with Crippen LogP contribution in [0.1, 0.15) is 34.2 Å². The molecule has 4 rings (SSSR count). The SMILES string of the molecule is CSc1ccccc1C(=O)N1CCN(c2c(C)nn([C@H]3CCS(=O)(=O)C3)c2C)CC1. The third kappa shape index (κ3) is 3.97. The number of piperazine rings is 1. The molecule has 2 fully saturated rings. The molecule has 2 aliphatic heterocycles.